The van der Waals surface area contributed by atoms with Crippen LogP contribution < -0.4 is 14.5 Å². The van der Waals surface area contributed by atoms with Crippen LogP contribution in [0.2, 0.25) is 0 Å². The van der Waals surface area contributed by atoms with Gasteiger partial charge in [-0.3, -0.25) is 4.79 Å². The zero-order chi connectivity index (χ0) is 17.4. The third-order valence-corrected chi connectivity index (χ3v) is 6.29. The maximum absolute atomic E-state index is 12.4. The smallest absolute Gasteiger partial charge is 0.233 e. The number of ether oxygens (including phenoxy) is 2. The third-order valence-electron chi connectivity index (χ3n) is 6.29. The molecule has 1 aromatic carbocycles. The van der Waals surface area contributed by atoms with E-state index in [0.717, 1.165) is 37.7 Å². The molecule has 5 heteroatoms. The van der Waals surface area contributed by atoms with Gasteiger partial charge in [-0.15, -0.1) is 0 Å². The van der Waals surface area contributed by atoms with E-state index in [1.807, 2.05) is 20.0 Å². The number of anilines is 2. The van der Waals surface area contributed by atoms with Gasteiger partial charge in [0.2, 0.25) is 5.91 Å². The molecule has 0 aliphatic carbocycles. The van der Waals surface area contributed by atoms with Gasteiger partial charge >= 0.3 is 0 Å². The fourth-order valence-corrected chi connectivity index (χ4v) is 4.37. The second-order valence-electron chi connectivity index (χ2n) is 7.86. The second kappa shape index (κ2) is 6.52. The maximum Gasteiger partial charge on any atom is 0.233 e. The summed E-state index contributed by atoms with van der Waals surface area (Å²) in [5.74, 6) is 0.821. The first-order valence-corrected chi connectivity index (χ1v) is 9.45. The molecule has 3 aliphatic rings. The lowest BCUT2D eigenvalue weighted by Crippen LogP contribution is -2.43. The molecule has 1 spiro atoms. The molecule has 4 rings (SSSR count). The Morgan fingerprint density at radius 3 is 2.56 bits per heavy atom. The van der Waals surface area contributed by atoms with Crippen LogP contribution in [0.5, 0.6) is 5.75 Å². The van der Waals surface area contributed by atoms with E-state index in [2.05, 4.69) is 17.0 Å². The van der Waals surface area contributed by atoms with Gasteiger partial charge in [0, 0.05) is 39.0 Å². The Hall–Kier alpha value is -1.75. The lowest BCUT2D eigenvalue weighted by Gasteiger charge is -2.45. The Morgan fingerprint density at radius 2 is 1.84 bits per heavy atom. The van der Waals surface area contributed by atoms with Gasteiger partial charge in [-0.05, 0) is 49.3 Å². The van der Waals surface area contributed by atoms with Gasteiger partial charge < -0.3 is 19.3 Å². The molecular weight excluding hydrogens is 316 g/mol. The molecule has 0 N–H and O–H groups in total. The number of amides is 1. The summed E-state index contributed by atoms with van der Waals surface area (Å²) in [4.78, 5) is 16.6. The molecule has 0 radical (unpaired) electrons. The highest BCUT2D eigenvalue weighted by Crippen LogP contribution is 2.42. The minimum Gasteiger partial charge on any atom is -0.491 e. The average Bonchev–Trinajstić information content (AvgIpc) is 2.75. The average molecular weight is 344 g/mol. The normalized spacial score (nSPS) is 26.2. The van der Waals surface area contributed by atoms with E-state index in [4.69, 9.17) is 9.47 Å². The Morgan fingerprint density at radius 1 is 1.12 bits per heavy atom. The van der Waals surface area contributed by atoms with Crippen molar-refractivity contribution in [1.82, 2.24) is 0 Å². The summed E-state index contributed by atoms with van der Waals surface area (Å²) in [6, 6.07) is 6.27. The monoisotopic (exact) mass is 344 g/mol. The van der Waals surface area contributed by atoms with Gasteiger partial charge in [-0.1, -0.05) is 6.92 Å². The highest BCUT2D eigenvalue weighted by molar-refractivity contribution is 5.97. The van der Waals surface area contributed by atoms with Crippen LogP contribution in [0.1, 0.15) is 32.6 Å². The molecule has 0 aromatic heterocycles. The van der Waals surface area contributed by atoms with E-state index in [1.165, 1.54) is 31.4 Å². The van der Waals surface area contributed by atoms with Crippen LogP contribution in [-0.2, 0) is 9.53 Å². The number of hydrogen-bond acceptors (Lipinski definition) is 4. The third kappa shape index (κ3) is 3.10. The topological polar surface area (TPSA) is 42.0 Å². The van der Waals surface area contributed by atoms with Crippen LogP contribution in [0.25, 0.3) is 0 Å². The number of carbonyl (C=O) groups excluding carboxylic acids is 1. The van der Waals surface area contributed by atoms with E-state index < -0.39 is 0 Å². The molecule has 3 aliphatic heterocycles. The van der Waals surface area contributed by atoms with Gasteiger partial charge in [-0.2, -0.15) is 0 Å². The van der Waals surface area contributed by atoms with Crippen molar-refractivity contribution in [2.45, 2.75) is 32.6 Å². The quantitative estimate of drug-likeness (QED) is 0.785. The van der Waals surface area contributed by atoms with Crippen molar-refractivity contribution in [3.8, 4) is 5.75 Å². The first-order chi connectivity index (χ1) is 12.1. The molecule has 1 amide bonds. The Bertz CT molecular complexity index is 644. The van der Waals surface area contributed by atoms with Gasteiger partial charge in [0.05, 0.1) is 18.2 Å². The standard InChI is InChI=1S/C20H28N2O3/c1-15-14-25-18-4-3-16(13-17(18)21(2)19(15)23)22-9-5-20(6-10-22)7-11-24-12-8-20/h3-4,13,15H,5-12,14H2,1-2H3/t15-/m0/s1. The van der Waals surface area contributed by atoms with Gasteiger partial charge in [0.25, 0.3) is 0 Å². The number of fused-ring (bicyclic) bond motifs is 1. The fourth-order valence-electron chi connectivity index (χ4n) is 4.37. The van der Waals surface area contributed by atoms with Crippen molar-refractivity contribution in [2.24, 2.45) is 11.3 Å². The van der Waals surface area contributed by atoms with Crippen molar-refractivity contribution in [3.63, 3.8) is 0 Å². The first-order valence-electron chi connectivity index (χ1n) is 9.45. The number of rotatable bonds is 1. The largest absolute Gasteiger partial charge is 0.491 e. The van der Waals surface area contributed by atoms with E-state index in [-0.39, 0.29) is 11.8 Å². The number of piperidine rings is 1. The summed E-state index contributed by atoms with van der Waals surface area (Å²) in [5, 5.41) is 0. The number of nitrogens with zero attached hydrogens (tertiary/aromatic N) is 2. The Kier molecular flexibility index (Phi) is 4.36. The molecule has 1 atom stereocenters. The molecule has 2 fully saturated rings. The lowest BCUT2D eigenvalue weighted by atomic mass is 9.72. The van der Waals surface area contributed by atoms with Gasteiger partial charge in [0.1, 0.15) is 5.75 Å². The number of carbonyl (C=O) groups is 1. The van der Waals surface area contributed by atoms with Crippen molar-refractivity contribution >= 4 is 17.3 Å². The minimum atomic E-state index is -0.107. The molecule has 5 nitrogen and oxygen atoms in total. The molecular formula is C20H28N2O3. The SMILES string of the molecule is C[C@H]1COc2ccc(N3CCC4(CCOCC4)CC3)cc2N(C)C1=O. The van der Waals surface area contributed by atoms with Crippen LogP contribution in [0.3, 0.4) is 0 Å². The molecule has 0 unspecified atom stereocenters. The molecule has 0 saturated carbocycles. The maximum atomic E-state index is 12.4. The zero-order valence-corrected chi connectivity index (χ0v) is 15.3. The molecule has 2 saturated heterocycles. The van der Waals surface area contributed by atoms with Crippen molar-refractivity contribution in [3.05, 3.63) is 18.2 Å². The van der Waals surface area contributed by atoms with Crippen LogP contribution in [-0.4, -0.2) is 45.9 Å². The van der Waals surface area contributed by atoms with Crippen molar-refractivity contribution in [1.29, 1.82) is 0 Å². The predicted octanol–water partition coefficient (Wildman–Crippen LogP) is 3.07. The van der Waals surface area contributed by atoms with Crippen LogP contribution in [0.4, 0.5) is 11.4 Å². The van der Waals surface area contributed by atoms with Crippen molar-refractivity contribution in [2.75, 3.05) is 49.8 Å². The Labute approximate surface area is 149 Å². The summed E-state index contributed by atoms with van der Waals surface area (Å²) in [6.45, 7) is 6.36. The molecule has 1 aromatic rings. The number of hydrogen-bond donors (Lipinski definition) is 0. The molecule has 0 bridgehead atoms. The summed E-state index contributed by atoms with van der Waals surface area (Å²) in [7, 11) is 1.85. The summed E-state index contributed by atoms with van der Waals surface area (Å²) >= 11 is 0. The Balaban J connectivity index is 1.52. The predicted molar refractivity (Wildman–Crippen MR) is 98.4 cm³/mol. The molecule has 3 heterocycles. The van der Waals surface area contributed by atoms with E-state index in [0.29, 0.717) is 12.0 Å². The highest BCUT2D eigenvalue weighted by atomic mass is 16.5. The van der Waals surface area contributed by atoms with Gasteiger partial charge in [-0.25, -0.2) is 0 Å². The summed E-state index contributed by atoms with van der Waals surface area (Å²) < 4.78 is 11.4. The molecule has 25 heavy (non-hydrogen) atoms. The van der Waals surface area contributed by atoms with E-state index in [1.54, 1.807) is 4.90 Å². The molecule has 136 valence electrons. The van der Waals surface area contributed by atoms with E-state index in [9.17, 15) is 4.79 Å². The summed E-state index contributed by atoms with van der Waals surface area (Å²) in [6.07, 6.45) is 4.87. The fraction of sp³-hybridized carbons (Fsp3) is 0.650. The second-order valence-corrected chi connectivity index (χ2v) is 7.86. The van der Waals surface area contributed by atoms with Crippen LogP contribution in [0.15, 0.2) is 18.2 Å². The van der Waals surface area contributed by atoms with Crippen LogP contribution >= 0.6 is 0 Å². The lowest BCUT2D eigenvalue weighted by molar-refractivity contribution is -0.122. The van der Waals surface area contributed by atoms with Crippen molar-refractivity contribution < 1.29 is 14.3 Å². The van der Waals surface area contributed by atoms with Crippen LogP contribution in [0, 0.1) is 11.3 Å². The van der Waals surface area contributed by atoms with E-state index >= 15 is 0 Å². The van der Waals surface area contributed by atoms with Gasteiger partial charge in [0.15, 0.2) is 0 Å². The summed E-state index contributed by atoms with van der Waals surface area (Å²) in [5.41, 5.74) is 2.57. The zero-order valence-electron chi connectivity index (χ0n) is 15.3. The minimum absolute atomic E-state index is 0.107. The highest BCUT2D eigenvalue weighted by Gasteiger charge is 2.36. The first kappa shape index (κ1) is 16.7. The number of benzene rings is 1.